The molecule has 5 rings (SSSR count). The smallest absolute Gasteiger partial charge is 0.407 e. The van der Waals surface area contributed by atoms with Crippen LogP contribution in [-0.4, -0.2) is 42.3 Å². The second kappa shape index (κ2) is 9.49. The van der Waals surface area contributed by atoms with Gasteiger partial charge in [-0.1, -0.05) is 55.0 Å². The lowest BCUT2D eigenvalue weighted by molar-refractivity contribution is -0.143. The van der Waals surface area contributed by atoms with Gasteiger partial charge in [0.15, 0.2) is 0 Å². The molecule has 0 radical (unpaired) electrons. The molecule has 3 N–H and O–H groups in total. The fraction of sp³-hybridized carbons (Fsp3) is 0.444. The predicted octanol–water partition coefficient (Wildman–Crippen LogP) is 3.92. The summed E-state index contributed by atoms with van der Waals surface area (Å²) in [6, 6.07) is 16.3. The lowest BCUT2D eigenvalue weighted by Gasteiger charge is -2.27. The molecular weight excluding hydrogens is 432 g/mol. The topological polar surface area (TPSA) is 105 Å². The minimum absolute atomic E-state index is 0.0164. The van der Waals surface area contributed by atoms with Crippen LogP contribution in [0.5, 0.6) is 0 Å². The molecule has 2 aromatic rings. The van der Waals surface area contributed by atoms with Gasteiger partial charge in [-0.25, -0.2) is 4.79 Å². The molecule has 34 heavy (non-hydrogen) atoms. The van der Waals surface area contributed by atoms with Crippen LogP contribution in [0, 0.1) is 17.8 Å². The molecule has 0 bridgehead atoms. The van der Waals surface area contributed by atoms with Gasteiger partial charge < -0.3 is 20.5 Å². The summed E-state index contributed by atoms with van der Waals surface area (Å²) >= 11 is 0. The van der Waals surface area contributed by atoms with Crippen molar-refractivity contribution in [2.75, 3.05) is 13.2 Å². The van der Waals surface area contributed by atoms with Crippen molar-refractivity contribution in [3.63, 3.8) is 0 Å². The van der Waals surface area contributed by atoms with E-state index in [0.717, 1.165) is 19.3 Å². The van der Waals surface area contributed by atoms with Gasteiger partial charge in [-0.2, -0.15) is 0 Å². The number of nitrogens with one attached hydrogen (secondary N) is 2. The Morgan fingerprint density at radius 1 is 0.941 bits per heavy atom. The number of amides is 2. The molecule has 2 fully saturated rings. The maximum Gasteiger partial charge on any atom is 0.407 e. The standard InChI is InChI=1S/C27H30N2O5/c30-25(29-18-7-5-6-16(12-18)26(31)32)23-13-17(23)14-28-27(33)34-15-24-21-10-3-1-8-19(21)20-9-2-4-11-22(20)24/h1-4,8-11,16-18,23-24H,5-7,12-15H2,(H,28,33)(H,29,30)(H,31,32)/t16?,17-,18?,23-/m1/s1. The van der Waals surface area contributed by atoms with Gasteiger partial charge in [-0.15, -0.1) is 0 Å². The molecule has 2 amide bonds. The number of aliphatic carboxylic acids is 1. The highest BCUT2D eigenvalue weighted by atomic mass is 16.5. The number of carboxylic acids is 1. The van der Waals surface area contributed by atoms with E-state index < -0.39 is 12.1 Å². The van der Waals surface area contributed by atoms with Gasteiger partial charge >= 0.3 is 12.1 Å². The van der Waals surface area contributed by atoms with Crippen molar-refractivity contribution in [2.45, 2.75) is 44.1 Å². The van der Waals surface area contributed by atoms with Gasteiger partial charge in [0.1, 0.15) is 6.61 Å². The second-order valence-electron chi connectivity index (χ2n) is 9.72. The van der Waals surface area contributed by atoms with Crippen molar-refractivity contribution in [1.82, 2.24) is 10.6 Å². The molecule has 4 atom stereocenters. The molecule has 0 spiro atoms. The Bertz CT molecular complexity index is 1050. The van der Waals surface area contributed by atoms with Crippen LogP contribution in [0.4, 0.5) is 4.79 Å². The van der Waals surface area contributed by atoms with Gasteiger partial charge in [-0.05, 0) is 53.9 Å². The molecule has 3 aliphatic rings. The largest absolute Gasteiger partial charge is 0.481 e. The molecule has 2 unspecified atom stereocenters. The second-order valence-corrected chi connectivity index (χ2v) is 9.72. The highest BCUT2D eigenvalue weighted by molar-refractivity contribution is 5.82. The molecule has 3 aliphatic carbocycles. The zero-order valence-electron chi connectivity index (χ0n) is 19.0. The van der Waals surface area contributed by atoms with E-state index in [1.54, 1.807) is 0 Å². The minimum Gasteiger partial charge on any atom is -0.481 e. The Morgan fingerprint density at radius 2 is 1.62 bits per heavy atom. The Morgan fingerprint density at radius 3 is 2.29 bits per heavy atom. The SMILES string of the molecule is O=C(NC[C@H]1C[C@H]1C(=O)NC1CCCC(C(=O)O)C1)OCC1c2ccccc2-c2ccccc21. The van der Waals surface area contributed by atoms with Crippen LogP contribution in [0.25, 0.3) is 11.1 Å². The first-order chi connectivity index (χ1) is 16.5. The average molecular weight is 463 g/mol. The molecule has 178 valence electrons. The zero-order chi connectivity index (χ0) is 23.7. The minimum atomic E-state index is -0.782. The number of fused-ring (bicyclic) bond motifs is 3. The van der Waals surface area contributed by atoms with Crippen molar-refractivity contribution in [3.05, 3.63) is 59.7 Å². The first-order valence-electron chi connectivity index (χ1n) is 12.1. The highest BCUT2D eigenvalue weighted by Gasteiger charge is 2.44. The molecule has 7 heteroatoms. The number of hydrogen-bond acceptors (Lipinski definition) is 4. The van der Waals surface area contributed by atoms with Crippen LogP contribution in [0.2, 0.25) is 0 Å². The number of carbonyl (C=O) groups is 3. The average Bonchev–Trinajstić information content (AvgIpc) is 3.57. The number of alkyl carbamates (subject to hydrolysis) is 1. The van der Waals surface area contributed by atoms with Crippen LogP contribution in [-0.2, 0) is 14.3 Å². The van der Waals surface area contributed by atoms with Gasteiger partial charge in [0.2, 0.25) is 5.91 Å². The van der Waals surface area contributed by atoms with Crippen LogP contribution in [0.1, 0.15) is 49.1 Å². The van der Waals surface area contributed by atoms with Crippen LogP contribution < -0.4 is 10.6 Å². The summed E-state index contributed by atoms with van der Waals surface area (Å²) in [5.41, 5.74) is 4.71. The fourth-order valence-corrected chi connectivity index (χ4v) is 5.51. The molecule has 7 nitrogen and oxygen atoms in total. The quantitative estimate of drug-likeness (QED) is 0.579. The lowest BCUT2D eigenvalue weighted by atomic mass is 9.85. The molecule has 0 saturated heterocycles. The number of carbonyl (C=O) groups excluding carboxylic acids is 2. The van der Waals surface area contributed by atoms with Gasteiger partial charge in [-0.3, -0.25) is 9.59 Å². The number of rotatable bonds is 7. The summed E-state index contributed by atoms with van der Waals surface area (Å²) < 4.78 is 5.56. The molecule has 2 aromatic carbocycles. The fourth-order valence-electron chi connectivity index (χ4n) is 5.51. The number of benzene rings is 2. The molecule has 2 saturated carbocycles. The van der Waals surface area contributed by atoms with Gasteiger partial charge in [0.25, 0.3) is 0 Å². The van der Waals surface area contributed by atoms with E-state index in [1.807, 2.05) is 24.3 Å². The van der Waals surface area contributed by atoms with Crippen molar-refractivity contribution in [3.8, 4) is 11.1 Å². The first-order valence-corrected chi connectivity index (χ1v) is 12.1. The van der Waals surface area contributed by atoms with E-state index in [2.05, 4.69) is 34.9 Å². The van der Waals surface area contributed by atoms with Crippen molar-refractivity contribution >= 4 is 18.0 Å². The van der Waals surface area contributed by atoms with E-state index in [0.29, 0.717) is 19.4 Å². The zero-order valence-corrected chi connectivity index (χ0v) is 19.0. The van der Waals surface area contributed by atoms with Gasteiger partial charge in [0, 0.05) is 24.4 Å². The predicted molar refractivity (Wildman–Crippen MR) is 126 cm³/mol. The Labute approximate surface area is 198 Å². The number of hydrogen-bond donors (Lipinski definition) is 3. The molecule has 0 heterocycles. The lowest BCUT2D eigenvalue weighted by Crippen LogP contribution is -2.41. The first kappa shape index (κ1) is 22.4. The number of carboxylic acid groups (broad SMARTS) is 1. The summed E-state index contributed by atoms with van der Waals surface area (Å²) in [4.78, 5) is 36.1. The number of ether oxygens (including phenoxy) is 1. The van der Waals surface area contributed by atoms with Crippen LogP contribution >= 0.6 is 0 Å². The van der Waals surface area contributed by atoms with Crippen molar-refractivity contribution in [1.29, 1.82) is 0 Å². The molecular formula is C27H30N2O5. The van der Waals surface area contributed by atoms with E-state index >= 15 is 0 Å². The maximum absolute atomic E-state index is 12.5. The summed E-state index contributed by atoms with van der Waals surface area (Å²) in [6.45, 7) is 0.665. The summed E-state index contributed by atoms with van der Waals surface area (Å²) in [5.74, 6) is -1.20. The van der Waals surface area contributed by atoms with E-state index in [9.17, 15) is 19.5 Å². The molecule has 0 aliphatic heterocycles. The normalized spacial score (nSPS) is 25.1. The summed E-state index contributed by atoms with van der Waals surface area (Å²) in [7, 11) is 0. The van der Waals surface area contributed by atoms with Crippen LogP contribution in [0.15, 0.2) is 48.5 Å². The maximum atomic E-state index is 12.5. The Kier molecular flexibility index (Phi) is 6.26. The van der Waals surface area contributed by atoms with Gasteiger partial charge in [0.05, 0.1) is 5.92 Å². The third-order valence-corrected chi connectivity index (χ3v) is 7.48. The summed E-state index contributed by atoms with van der Waals surface area (Å²) in [6.07, 6.45) is 3.08. The summed E-state index contributed by atoms with van der Waals surface area (Å²) in [5, 5.41) is 15.0. The Hall–Kier alpha value is -3.35. The van der Waals surface area contributed by atoms with Crippen LogP contribution in [0.3, 0.4) is 0 Å². The third kappa shape index (κ3) is 4.65. The monoisotopic (exact) mass is 462 g/mol. The molecule has 0 aromatic heterocycles. The van der Waals surface area contributed by atoms with E-state index in [-0.39, 0.29) is 42.2 Å². The highest BCUT2D eigenvalue weighted by Crippen LogP contribution is 2.44. The third-order valence-electron chi connectivity index (χ3n) is 7.48. The van der Waals surface area contributed by atoms with Crippen molar-refractivity contribution < 1.29 is 24.2 Å². The Balaban J connectivity index is 1.07. The van der Waals surface area contributed by atoms with Crippen molar-refractivity contribution in [2.24, 2.45) is 17.8 Å². The van der Waals surface area contributed by atoms with E-state index in [1.165, 1.54) is 22.3 Å². The van der Waals surface area contributed by atoms with E-state index in [4.69, 9.17) is 4.74 Å².